The lowest BCUT2D eigenvalue weighted by molar-refractivity contribution is 0.722. The molecule has 0 fully saturated rings. The Morgan fingerprint density at radius 3 is 2.72 bits per heavy atom. The van der Waals surface area contributed by atoms with Crippen molar-refractivity contribution in [1.29, 1.82) is 5.41 Å². The molecule has 2 rings (SSSR count). The topological polar surface area (TPSA) is 78.9 Å². The van der Waals surface area contributed by atoms with E-state index in [2.05, 4.69) is 9.97 Å². The Balaban J connectivity index is 2.22. The van der Waals surface area contributed by atoms with E-state index in [4.69, 9.17) is 11.1 Å². The van der Waals surface area contributed by atoms with Crippen LogP contribution in [0.25, 0.3) is 11.0 Å². The fourth-order valence-corrected chi connectivity index (χ4v) is 1.73. The van der Waals surface area contributed by atoms with Gasteiger partial charge in [0, 0.05) is 19.5 Å². The van der Waals surface area contributed by atoms with Crippen molar-refractivity contribution in [3.63, 3.8) is 0 Å². The van der Waals surface area contributed by atoms with Gasteiger partial charge in [-0.05, 0) is 12.1 Å². The highest BCUT2D eigenvalue weighted by Gasteiger charge is 2.11. The maximum atomic E-state index is 7.40. The summed E-state index contributed by atoms with van der Waals surface area (Å²) in [6.07, 6.45) is 1.75. The van der Waals surface area contributed by atoms with Gasteiger partial charge >= 0.3 is 0 Å². The van der Waals surface area contributed by atoms with Gasteiger partial charge in [-0.2, -0.15) is 0 Å². The van der Waals surface area contributed by atoms with Crippen LogP contribution in [0.3, 0.4) is 0 Å². The van der Waals surface area contributed by atoms with Crippen LogP contribution in [0.4, 0.5) is 5.82 Å². The molecule has 2 aromatic rings. The van der Waals surface area contributed by atoms with Crippen LogP contribution in [0.1, 0.15) is 6.92 Å². The lowest BCUT2D eigenvalue weighted by atomic mass is 10.1. The van der Waals surface area contributed by atoms with E-state index in [-0.39, 0.29) is 11.8 Å². The molecule has 94 valence electrons. The number of amidine groups is 1. The van der Waals surface area contributed by atoms with E-state index in [9.17, 15) is 0 Å². The molecule has 0 bridgehead atoms. The molecule has 0 aliphatic carbocycles. The molecule has 1 aromatic carbocycles. The summed E-state index contributed by atoms with van der Waals surface area (Å²) in [5.41, 5.74) is 7.23. The van der Waals surface area contributed by atoms with Gasteiger partial charge in [-0.3, -0.25) is 10.4 Å². The quantitative estimate of drug-likeness (QED) is 0.632. The first-order valence-electron chi connectivity index (χ1n) is 5.85. The Morgan fingerprint density at radius 1 is 1.39 bits per heavy atom. The first-order valence-corrected chi connectivity index (χ1v) is 5.85. The molecule has 5 nitrogen and oxygen atoms in total. The molecule has 0 aliphatic rings. The Kier molecular flexibility index (Phi) is 3.41. The number of fused-ring (bicyclic) bond motifs is 1. The van der Waals surface area contributed by atoms with Gasteiger partial charge < -0.3 is 10.6 Å². The summed E-state index contributed by atoms with van der Waals surface area (Å²) >= 11 is 0. The molecular formula is C13H17N5. The number of benzene rings is 1. The van der Waals surface area contributed by atoms with Crippen molar-refractivity contribution in [2.24, 2.45) is 11.7 Å². The van der Waals surface area contributed by atoms with Gasteiger partial charge in [0.15, 0.2) is 0 Å². The van der Waals surface area contributed by atoms with Crippen LogP contribution in [0.15, 0.2) is 30.5 Å². The number of rotatable bonds is 4. The molecule has 1 heterocycles. The van der Waals surface area contributed by atoms with Gasteiger partial charge in [0.2, 0.25) is 0 Å². The zero-order valence-corrected chi connectivity index (χ0v) is 10.6. The predicted molar refractivity (Wildman–Crippen MR) is 73.9 cm³/mol. The number of hydrogen-bond acceptors (Lipinski definition) is 4. The molecular weight excluding hydrogens is 226 g/mol. The SMILES string of the molecule is CC(CN(C)c1cnc2ccccc2n1)C(=N)N. The summed E-state index contributed by atoms with van der Waals surface area (Å²) in [6, 6.07) is 7.76. The summed E-state index contributed by atoms with van der Waals surface area (Å²) in [7, 11) is 1.93. The average molecular weight is 243 g/mol. The Morgan fingerprint density at radius 2 is 2.06 bits per heavy atom. The number of hydrogen-bond donors (Lipinski definition) is 2. The molecule has 1 atom stereocenters. The molecule has 1 aromatic heterocycles. The van der Waals surface area contributed by atoms with Crippen LogP contribution in [-0.2, 0) is 0 Å². The number of anilines is 1. The maximum Gasteiger partial charge on any atom is 0.147 e. The second-order valence-corrected chi connectivity index (χ2v) is 4.45. The third kappa shape index (κ3) is 2.56. The molecule has 0 saturated carbocycles. The van der Waals surface area contributed by atoms with E-state index in [1.807, 2.05) is 43.1 Å². The van der Waals surface area contributed by atoms with Crippen molar-refractivity contribution in [3.8, 4) is 0 Å². The normalized spacial score (nSPS) is 12.3. The second kappa shape index (κ2) is 5.00. The third-order valence-corrected chi connectivity index (χ3v) is 2.91. The number of para-hydroxylation sites is 2. The van der Waals surface area contributed by atoms with Crippen LogP contribution in [-0.4, -0.2) is 29.4 Å². The summed E-state index contributed by atoms with van der Waals surface area (Å²) in [4.78, 5) is 10.9. The Hall–Kier alpha value is -2.17. The van der Waals surface area contributed by atoms with Gasteiger partial charge in [-0.15, -0.1) is 0 Å². The minimum Gasteiger partial charge on any atom is -0.387 e. The second-order valence-electron chi connectivity index (χ2n) is 4.45. The number of aromatic nitrogens is 2. The van der Waals surface area contributed by atoms with E-state index < -0.39 is 0 Å². The fraction of sp³-hybridized carbons (Fsp3) is 0.308. The lowest BCUT2D eigenvalue weighted by Crippen LogP contribution is -2.32. The smallest absolute Gasteiger partial charge is 0.147 e. The highest BCUT2D eigenvalue weighted by atomic mass is 15.2. The van der Waals surface area contributed by atoms with Crippen LogP contribution in [0, 0.1) is 11.3 Å². The Labute approximate surface area is 106 Å². The molecule has 0 saturated heterocycles. The molecule has 5 heteroatoms. The minimum atomic E-state index is 0.00303. The largest absolute Gasteiger partial charge is 0.387 e. The summed E-state index contributed by atoms with van der Waals surface area (Å²) < 4.78 is 0. The van der Waals surface area contributed by atoms with Gasteiger partial charge in [-0.1, -0.05) is 19.1 Å². The minimum absolute atomic E-state index is 0.00303. The zero-order chi connectivity index (χ0) is 13.1. The van der Waals surface area contributed by atoms with Crippen molar-refractivity contribution in [1.82, 2.24) is 9.97 Å². The van der Waals surface area contributed by atoms with Crippen LogP contribution in [0.5, 0.6) is 0 Å². The predicted octanol–water partition coefficient (Wildman–Crippen LogP) is 1.64. The molecule has 0 amide bonds. The van der Waals surface area contributed by atoms with Crippen LogP contribution < -0.4 is 10.6 Å². The van der Waals surface area contributed by atoms with Crippen molar-refractivity contribution in [2.75, 3.05) is 18.5 Å². The van der Waals surface area contributed by atoms with Crippen LogP contribution in [0.2, 0.25) is 0 Å². The molecule has 1 unspecified atom stereocenters. The standard InChI is InChI=1S/C13H17N5/c1-9(13(14)15)8-18(2)12-7-16-10-5-3-4-6-11(10)17-12/h3-7,9H,8H2,1-2H3,(H3,14,15). The van der Waals surface area contributed by atoms with Gasteiger partial charge in [0.25, 0.3) is 0 Å². The van der Waals surface area contributed by atoms with E-state index in [1.165, 1.54) is 0 Å². The van der Waals surface area contributed by atoms with Gasteiger partial charge in [0.1, 0.15) is 5.82 Å². The number of nitrogens with one attached hydrogen (secondary N) is 1. The first kappa shape index (κ1) is 12.3. The van der Waals surface area contributed by atoms with Crippen molar-refractivity contribution < 1.29 is 0 Å². The van der Waals surface area contributed by atoms with Crippen LogP contribution >= 0.6 is 0 Å². The van der Waals surface area contributed by atoms with E-state index in [0.717, 1.165) is 16.9 Å². The summed E-state index contributed by atoms with van der Waals surface area (Å²) in [5.74, 6) is 0.987. The number of nitrogens with two attached hydrogens (primary N) is 1. The highest BCUT2D eigenvalue weighted by molar-refractivity contribution is 5.80. The molecule has 18 heavy (non-hydrogen) atoms. The van der Waals surface area contributed by atoms with E-state index in [0.29, 0.717) is 6.54 Å². The first-order chi connectivity index (χ1) is 8.58. The zero-order valence-electron chi connectivity index (χ0n) is 10.6. The fourth-order valence-electron chi connectivity index (χ4n) is 1.73. The van der Waals surface area contributed by atoms with Gasteiger partial charge in [0.05, 0.1) is 23.1 Å². The maximum absolute atomic E-state index is 7.40. The lowest BCUT2D eigenvalue weighted by Gasteiger charge is -2.21. The summed E-state index contributed by atoms with van der Waals surface area (Å²) in [6.45, 7) is 2.58. The Bertz CT molecular complexity index is 566. The van der Waals surface area contributed by atoms with Crippen molar-refractivity contribution >= 4 is 22.7 Å². The molecule has 0 spiro atoms. The number of nitrogens with zero attached hydrogens (tertiary/aromatic N) is 3. The monoisotopic (exact) mass is 243 g/mol. The third-order valence-electron chi connectivity index (χ3n) is 2.91. The van der Waals surface area contributed by atoms with Crippen molar-refractivity contribution in [3.05, 3.63) is 30.5 Å². The van der Waals surface area contributed by atoms with Gasteiger partial charge in [-0.25, -0.2) is 4.98 Å². The molecule has 0 radical (unpaired) electrons. The summed E-state index contributed by atoms with van der Waals surface area (Å²) in [5, 5.41) is 7.40. The highest BCUT2D eigenvalue weighted by Crippen LogP contribution is 2.15. The van der Waals surface area contributed by atoms with Crippen molar-refractivity contribution in [2.45, 2.75) is 6.92 Å². The average Bonchev–Trinajstić information content (AvgIpc) is 2.37. The molecule has 3 N–H and O–H groups in total. The van der Waals surface area contributed by atoms with E-state index in [1.54, 1.807) is 6.20 Å². The molecule has 0 aliphatic heterocycles. The van der Waals surface area contributed by atoms with E-state index >= 15 is 0 Å².